The molecule has 0 amide bonds. The van der Waals surface area contributed by atoms with Gasteiger partial charge in [0.15, 0.2) is 0 Å². The Balaban J connectivity index is 2.25. The molecule has 14 heavy (non-hydrogen) atoms. The fourth-order valence-corrected chi connectivity index (χ4v) is 1.63. The molecule has 1 rings (SSSR count). The van der Waals surface area contributed by atoms with Gasteiger partial charge in [-0.2, -0.15) is 0 Å². The number of hydrogen-bond acceptors (Lipinski definition) is 0. The van der Waals surface area contributed by atoms with Crippen molar-refractivity contribution in [3.8, 4) is 0 Å². The van der Waals surface area contributed by atoms with Gasteiger partial charge in [0.25, 0.3) is 0 Å². The zero-order chi connectivity index (χ0) is 10.2. The van der Waals surface area contributed by atoms with E-state index in [0.29, 0.717) is 5.92 Å². The Morgan fingerprint density at radius 3 is 2.57 bits per heavy atom. The number of hydrogen-bond donors (Lipinski definition) is 0. The molecule has 0 heterocycles. The highest BCUT2D eigenvalue weighted by molar-refractivity contribution is 5.18. The fraction of sp³-hybridized carbons (Fsp3) is 0.500. The van der Waals surface area contributed by atoms with Crippen molar-refractivity contribution in [3.63, 3.8) is 0 Å². The average molecular weight is 189 g/mol. The quantitative estimate of drug-likeness (QED) is 0.575. The SMILES string of the molecule is CCCC[CH]CC(C)c1ccccc1. The normalized spacial score (nSPS) is 12.7. The first kappa shape index (κ1) is 11.3. The van der Waals surface area contributed by atoms with Gasteiger partial charge in [0.05, 0.1) is 0 Å². The predicted octanol–water partition coefficient (Wildman–Crippen LogP) is 4.57. The van der Waals surface area contributed by atoms with E-state index in [1.807, 2.05) is 0 Å². The van der Waals surface area contributed by atoms with Crippen molar-refractivity contribution in [3.05, 3.63) is 42.3 Å². The first-order valence-electron chi connectivity index (χ1n) is 5.71. The lowest BCUT2D eigenvalue weighted by molar-refractivity contribution is 0.683. The van der Waals surface area contributed by atoms with E-state index >= 15 is 0 Å². The van der Waals surface area contributed by atoms with Gasteiger partial charge in [0, 0.05) is 0 Å². The molecule has 1 aromatic rings. The van der Waals surface area contributed by atoms with E-state index in [-0.39, 0.29) is 0 Å². The van der Waals surface area contributed by atoms with Gasteiger partial charge in [-0.1, -0.05) is 63.4 Å². The topological polar surface area (TPSA) is 0 Å². The maximum atomic E-state index is 2.43. The van der Waals surface area contributed by atoms with E-state index in [1.54, 1.807) is 0 Å². The van der Waals surface area contributed by atoms with E-state index < -0.39 is 0 Å². The number of benzene rings is 1. The lowest BCUT2D eigenvalue weighted by Crippen LogP contribution is -1.93. The summed E-state index contributed by atoms with van der Waals surface area (Å²) in [4.78, 5) is 0. The minimum Gasteiger partial charge on any atom is -0.0654 e. The molecule has 77 valence electrons. The van der Waals surface area contributed by atoms with Gasteiger partial charge < -0.3 is 0 Å². The first-order chi connectivity index (χ1) is 6.84. The van der Waals surface area contributed by atoms with Crippen LogP contribution in [0, 0.1) is 6.42 Å². The molecule has 1 aromatic carbocycles. The third-order valence-corrected chi connectivity index (χ3v) is 2.65. The molecule has 0 heteroatoms. The molecular weight excluding hydrogens is 168 g/mol. The molecule has 1 radical (unpaired) electrons. The van der Waals surface area contributed by atoms with Crippen LogP contribution in [-0.2, 0) is 0 Å². The Hall–Kier alpha value is -0.780. The van der Waals surface area contributed by atoms with Gasteiger partial charge in [-0.25, -0.2) is 0 Å². The highest BCUT2D eigenvalue weighted by Crippen LogP contribution is 2.20. The second-order valence-corrected chi connectivity index (χ2v) is 3.98. The van der Waals surface area contributed by atoms with Crippen LogP contribution < -0.4 is 0 Å². The molecule has 0 aliphatic carbocycles. The Morgan fingerprint density at radius 1 is 1.21 bits per heavy atom. The van der Waals surface area contributed by atoms with Crippen molar-refractivity contribution in [2.24, 2.45) is 0 Å². The third kappa shape index (κ3) is 3.95. The van der Waals surface area contributed by atoms with Crippen LogP contribution in [0.1, 0.15) is 51.0 Å². The van der Waals surface area contributed by atoms with Crippen LogP contribution in [-0.4, -0.2) is 0 Å². The second-order valence-electron chi connectivity index (χ2n) is 3.98. The molecule has 0 saturated carbocycles. The molecule has 0 aromatic heterocycles. The molecule has 0 spiro atoms. The number of rotatable bonds is 6. The summed E-state index contributed by atoms with van der Waals surface area (Å²) in [6, 6.07) is 10.8. The van der Waals surface area contributed by atoms with Crippen molar-refractivity contribution in [1.82, 2.24) is 0 Å². The molecule has 0 saturated heterocycles. The van der Waals surface area contributed by atoms with Crippen LogP contribution in [0.2, 0.25) is 0 Å². The van der Waals surface area contributed by atoms with E-state index in [9.17, 15) is 0 Å². The van der Waals surface area contributed by atoms with Crippen LogP contribution in [0.25, 0.3) is 0 Å². The largest absolute Gasteiger partial charge is 0.0654 e. The summed E-state index contributed by atoms with van der Waals surface area (Å²) < 4.78 is 0. The monoisotopic (exact) mass is 189 g/mol. The summed E-state index contributed by atoms with van der Waals surface area (Å²) in [5.41, 5.74) is 1.46. The van der Waals surface area contributed by atoms with Gasteiger partial charge in [-0.05, 0) is 24.3 Å². The van der Waals surface area contributed by atoms with Crippen molar-refractivity contribution in [1.29, 1.82) is 0 Å². The second kappa shape index (κ2) is 6.64. The van der Waals surface area contributed by atoms with E-state index in [1.165, 1.54) is 31.2 Å². The summed E-state index contributed by atoms with van der Waals surface area (Å²) >= 11 is 0. The molecule has 0 nitrogen and oxygen atoms in total. The molecule has 0 aliphatic rings. The van der Waals surface area contributed by atoms with Crippen molar-refractivity contribution in [2.45, 2.75) is 45.4 Å². The van der Waals surface area contributed by atoms with Crippen LogP contribution in [0.4, 0.5) is 0 Å². The van der Waals surface area contributed by atoms with E-state index in [2.05, 4.69) is 50.6 Å². The van der Waals surface area contributed by atoms with E-state index in [0.717, 1.165) is 0 Å². The molecule has 0 fully saturated rings. The van der Waals surface area contributed by atoms with Gasteiger partial charge in [-0.3, -0.25) is 0 Å². The summed E-state index contributed by atoms with van der Waals surface area (Å²) in [6.45, 7) is 4.55. The zero-order valence-corrected chi connectivity index (χ0v) is 9.37. The van der Waals surface area contributed by atoms with Crippen molar-refractivity contribution >= 4 is 0 Å². The highest BCUT2D eigenvalue weighted by atomic mass is 14.1. The third-order valence-electron chi connectivity index (χ3n) is 2.65. The van der Waals surface area contributed by atoms with E-state index in [4.69, 9.17) is 0 Å². The fourth-order valence-electron chi connectivity index (χ4n) is 1.63. The first-order valence-corrected chi connectivity index (χ1v) is 5.71. The summed E-state index contributed by atoms with van der Waals surface area (Å²) in [7, 11) is 0. The zero-order valence-electron chi connectivity index (χ0n) is 9.37. The molecular formula is C14H21. The van der Waals surface area contributed by atoms with Crippen molar-refractivity contribution in [2.75, 3.05) is 0 Å². The molecule has 0 N–H and O–H groups in total. The van der Waals surface area contributed by atoms with Gasteiger partial charge >= 0.3 is 0 Å². The summed E-state index contributed by atoms with van der Waals surface area (Å²) in [6.07, 6.45) is 7.55. The molecule has 1 atom stereocenters. The van der Waals surface area contributed by atoms with Crippen LogP contribution in [0.15, 0.2) is 30.3 Å². The Labute approximate surface area is 88.4 Å². The van der Waals surface area contributed by atoms with Crippen molar-refractivity contribution < 1.29 is 0 Å². The lowest BCUT2D eigenvalue weighted by atomic mass is 9.95. The standard InChI is InChI=1S/C14H21/c1-3-4-5-7-10-13(2)14-11-8-6-9-12-14/h6-9,11-13H,3-5,10H2,1-2H3. The lowest BCUT2D eigenvalue weighted by Gasteiger charge is -2.10. The maximum Gasteiger partial charge on any atom is -0.0188 e. The Bertz CT molecular complexity index is 225. The molecule has 1 unspecified atom stereocenters. The van der Waals surface area contributed by atoms with Crippen LogP contribution in [0.3, 0.4) is 0 Å². The number of unbranched alkanes of at least 4 members (excludes halogenated alkanes) is 3. The minimum atomic E-state index is 0.674. The molecule has 0 aliphatic heterocycles. The predicted molar refractivity (Wildman–Crippen MR) is 63.3 cm³/mol. The van der Waals surface area contributed by atoms with Gasteiger partial charge in [0.2, 0.25) is 0 Å². The minimum absolute atomic E-state index is 0.674. The van der Waals surface area contributed by atoms with Crippen LogP contribution in [0.5, 0.6) is 0 Å². The highest BCUT2D eigenvalue weighted by Gasteiger charge is 2.03. The summed E-state index contributed by atoms with van der Waals surface area (Å²) in [5.74, 6) is 0.674. The van der Waals surface area contributed by atoms with Gasteiger partial charge in [0.1, 0.15) is 0 Å². The van der Waals surface area contributed by atoms with Crippen LogP contribution >= 0.6 is 0 Å². The Morgan fingerprint density at radius 2 is 1.93 bits per heavy atom. The average Bonchev–Trinajstić information content (AvgIpc) is 2.25. The summed E-state index contributed by atoms with van der Waals surface area (Å²) in [5, 5.41) is 0. The smallest absolute Gasteiger partial charge is 0.0188 e. The Kier molecular flexibility index (Phi) is 5.36. The van der Waals surface area contributed by atoms with Gasteiger partial charge in [-0.15, -0.1) is 0 Å². The maximum absolute atomic E-state index is 2.43. The molecule has 0 bridgehead atoms.